The van der Waals surface area contributed by atoms with E-state index in [1.54, 1.807) is 0 Å². The third-order valence-corrected chi connectivity index (χ3v) is 3.18. The maximum atomic E-state index is 11.9. The molecule has 1 aromatic rings. The van der Waals surface area contributed by atoms with E-state index in [2.05, 4.69) is 10.6 Å². The van der Waals surface area contributed by atoms with Gasteiger partial charge in [0.2, 0.25) is 5.91 Å². The third-order valence-electron chi connectivity index (χ3n) is 3.18. The van der Waals surface area contributed by atoms with Gasteiger partial charge < -0.3 is 20.3 Å². The second-order valence-corrected chi connectivity index (χ2v) is 5.25. The molecule has 20 heavy (non-hydrogen) atoms. The summed E-state index contributed by atoms with van der Waals surface area (Å²) < 4.78 is 5.65. The lowest BCUT2D eigenvalue weighted by Crippen LogP contribution is -2.27. The molecule has 0 saturated carbocycles. The summed E-state index contributed by atoms with van der Waals surface area (Å²) in [5, 5.41) is 6.30. The third kappa shape index (κ3) is 3.63. The minimum absolute atomic E-state index is 0.0355. The van der Waals surface area contributed by atoms with Crippen LogP contribution in [-0.2, 0) is 11.2 Å². The summed E-state index contributed by atoms with van der Waals surface area (Å²) in [7, 11) is 3.74. The number of aryl methyl sites for hydroxylation is 1. The van der Waals surface area contributed by atoms with E-state index in [4.69, 9.17) is 4.74 Å². The predicted molar refractivity (Wildman–Crippen MR) is 81.6 cm³/mol. The normalized spacial score (nSPS) is 13.6. The number of rotatable bonds is 5. The van der Waals surface area contributed by atoms with Gasteiger partial charge in [0.1, 0.15) is 5.75 Å². The minimum atomic E-state index is -0.0355. The summed E-state index contributed by atoms with van der Waals surface area (Å²) in [6, 6.07) is 4.02. The van der Waals surface area contributed by atoms with Crippen LogP contribution >= 0.6 is 0 Å². The van der Waals surface area contributed by atoms with Crippen molar-refractivity contribution in [3.05, 3.63) is 17.7 Å². The zero-order chi connectivity index (χ0) is 14.5. The maximum Gasteiger partial charge on any atom is 0.238 e. The fourth-order valence-electron chi connectivity index (χ4n) is 2.34. The van der Waals surface area contributed by atoms with Crippen LogP contribution in [0.1, 0.15) is 18.9 Å². The number of amides is 1. The van der Waals surface area contributed by atoms with Crippen LogP contribution in [0.25, 0.3) is 0 Å². The maximum absolute atomic E-state index is 11.9. The van der Waals surface area contributed by atoms with Gasteiger partial charge >= 0.3 is 0 Å². The molecule has 1 amide bonds. The van der Waals surface area contributed by atoms with Crippen LogP contribution in [0.15, 0.2) is 12.1 Å². The summed E-state index contributed by atoms with van der Waals surface area (Å²) in [5.74, 6) is 0.716. The lowest BCUT2D eigenvalue weighted by atomic mass is 10.0. The first-order valence-corrected chi connectivity index (χ1v) is 7.08. The first-order valence-electron chi connectivity index (χ1n) is 7.08. The summed E-state index contributed by atoms with van der Waals surface area (Å²) in [5.41, 5.74) is 3.09. The molecule has 0 atom stereocenters. The van der Waals surface area contributed by atoms with Crippen LogP contribution in [0, 0.1) is 0 Å². The zero-order valence-electron chi connectivity index (χ0n) is 12.5. The molecule has 0 saturated heterocycles. The Balaban J connectivity index is 2.22. The Bertz CT molecular complexity index is 486. The Morgan fingerprint density at radius 3 is 2.95 bits per heavy atom. The highest BCUT2D eigenvalue weighted by Gasteiger charge is 2.15. The molecule has 1 aliphatic heterocycles. The highest BCUT2D eigenvalue weighted by molar-refractivity contribution is 5.94. The van der Waals surface area contributed by atoms with Crippen LogP contribution in [0.3, 0.4) is 0 Å². The molecule has 0 aromatic heterocycles. The van der Waals surface area contributed by atoms with Crippen LogP contribution < -0.4 is 15.4 Å². The number of hydrogen-bond acceptors (Lipinski definition) is 4. The van der Waals surface area contributed by atoms with Crippen LogP contribution in [0.4, 0.5) is 11.4 Å². The summed E-state index contributed by atoms with van der Waals surface area (Å²) in [4.78, 5) is 13.8. The molecule has 5 nitrogen and oxygen atoms in total. The second kappa shape index (κ2) is 6.61. The van der Waals surface area contributed by atoms with E-state index in [1.807, 2.05) is 38.1 Å². The highest BCUT2D eigenvalue weighted by Crippen LogP contribution is 2.34. The monoisotopic (exact) mass is 277 g/mol. The Morgan fingerprint density at radius 1 is 1.45 bits per heavy atom. The molecule has 0 bridgehead atoms. The molecule has 5 heteroatoms. The molecule has 0 radical (unpaired) electrons. The Labute approximate surface area is 120 Å². The standard InChI is InChI=1S/C15H23N3O2/c1-4-20-14-8-11-6-5-7-16-12(11)9-13(14)17-15(19)10-18(2)3/h8-9,16H,4-7,10H2,1-3H3,(H,17,19). The SMILES string of the molecule is CCOc1cc2c(cc1NC(=O)CN(C)C)NCCC2. The molecule has 0 aliphatic carbocycles. The smallest absolute Gasteiger partial charge is 0.238 e. The molecule has 0 fully saturated rings. The molecule has 1 aromatic carbocycles. The van der Waals surface area contributed by atoms with Crippen molar-refractivity contribution in [2.75, 3.05) is 44.4 Å². The van der Waals surface area contributed by atoms with E-state index >= 15 is 0 Å². The van der Waals surface area contributed by atoms with Crippen LogP contribution in [-0.4, -0.2) is 44.6 Å². The van der Waals surface area contributed by atoms with Gasteiger partial charge in [-0.2, -0.15) is 0 Å². The number of nitrogens with zero attached hydrogens (tertiary/aromatic N) is 1. The van der Waals surface area contributed by atoms with Crippen molar-refractivity contribution >= 4 is 17.3 Å². The first-order chi connectivity index (χ1) is 9.60. The van der Waals surface area contributed by atoms with E-state index in [9.17, 15) is 4.79 Å². The van der Waals surface area contributed by atoms with Crippen molar-refractivity contribution in [3.63, 3.8) is 0 Å². The molecule has 2 rings (SSSR count). The lowest BCUT2D eigenvalue weighted by Gasteiger charge is -2.21. The Hall–Kier alpha value is -1.75. The van der Waals surface area contributed by atoms with Crippen molar-refractivity contribution < 1.29 is 9.53 Å². The number of carbonyl (C=O) groups excluding carboxylic acids is 1. The molecule has 1 aliphatic rings. The molecular formula is C15H23N3O2. The average Bonchev–Trinajstić information content (AvgIpc) is 2.38. The number of carbonyl (C=O) groups is 1. The molecule has 0 unspecified atom stereocenters. The molecule has 110 valence electrons. The van der Waals surface area contributed by atoms with Crippen molar-refractivity contribution in [2.45, 2.75) is 19.8 Å². The second-order valence-electron chi connectivity index (χ2n) is 5.25. The van der Waals surface area contributed by atoms with E-state index < -0.39 is 0 Å². The topological polar surface area (TPSA) is 53.6 Å². The van der Waals surface area contributed by atoms with E-state index in [0.717, 1.165) is 36.5 Å². The lowest BCUT2D eigenvalue weighted by molar-refractivity contribution is -0.116. The van der Waals surface area contributed by atoms with Gasteiger partial charge in [-0.15, -0.1) is 0 Å². The van der Waals surface area contributed by atoms with Gasteiger partial charge in [0.15, 0.2) is 0 Å². The number of benzene rings is 1. The van der Waals surface area contributed by atoms with E-state index in [0.29, 0.717) is 13.2 Å². The van der Waals surface area contributed by atoms with E-state index in [-0.39, 0.29) is 5.91 Å². The number of fused-ring (bicyclic) bond motifs is 1. The van der Waals surface area contributed by atoms with Gasteiger partial charge in [0.05, 0.1) is 18.8 Å². The quantitative estimate of drug-likeness (QED) is 0.863. The van der Waals surface area contributed by atoms with E-state index in [1.165, 1.54) is 5.56 Å². The van der Waals surface area contributed by atoms with Crippen molar-refractivity contribution in [3.8, 4) is 5.75 Å². The summed E-state index contributed by atoms with van der Waals surface area (Å²) >= 11 is 0. The number of anilines is 2. The molecular weight excluding hydrogens is 254 g/mol. The number of hydrogen-bond donors (Lipinski definition) is 2. The Morgan fingerprint density at radius 2 is 2.25 bits per heavy atom. The summed E-state index contributed by atoms with van der Waals surface area (Å²) in [6.07, 6.45) is 2.18. The fraction of sp³-hybridized carbons (Fsp3) is 0.533. The van der Waals surface area contributed by atoms with Crippen molar-refractivity contribution in [1.29, 1.82) is 0 Å². The van der Waals surface area contributed by atoms with Gasteiger partial charge in [-0.05, 0) is 51.6 Å². The molecule has 1 heterocycles. The summed E-state index contributed by atoms with van der Waals surface area (Å²) in [6.45, 7) is 3.87. The van der Waals surface area contributed by atoms with Gasteiger partial charge in [-0.3, -0.25) is 4.79 Å². The zero-order valence-corrected chi connectivity index (χ0v) is 12.5. The van der Waals surface area contributed by atoms with Gasteiger partial charge in [-0.1, -0.05) is 0 Å². The van der Waals surface area contributed by atoms with Crippen molar-refractivity contribution in [1.82, 2.24) is 4.90 Å². The van der Waals surface area contributed by atoms with Gasteiger partial charge in [0, 0.05) is 12.2 Å². The average molecular weight is 277 g/mol. The first kappa shape index (κ1) is 14.7. The van der Waals surface area contributed by atoms with Crippen LogP contribution in [0.5, 0.6) is 5.75 Å². The van der Waals surface area contributed by atoms with Crippen molar-refractivity contribution in [2.24, 2.45) is 0 Å². The molecule has 0 spiro atoms. The molecule has 2 N–H and O–H groups in total. The number of likely N-dealkylation sites (N-methyl/N-ethyl adjacent to an activating group) is 1. The number of ether oxygens (including phenoxy) is 1. The van der Waals surface area contributed by atoms with Gasteiger partial charge in [0.25, 0.3) is 0 Å². The highest BCUT2D eigenvalue weighted by atomic mass is 16.5. The van der Waals surface area contributed by atoms with Crippen LogP contribution in [0.2, 0.25) is 0 Å². The Kier molecular flexibility index (Phi) is 4.84. The fourth-order valence-corrected chi connectivity index (χ4v) is 2.34. The number of nitrogens with one attached hydrogen (secondary N) is 2. The predicted octanol–water partition coefficient (Wildman–Crippen LogP) is 1.94. The van der Waals surface area contributed by atoms with Gasteiger partial charge in [-0.25, -0.2) is 0 Å². The minimum Gasteiger partial charge on any atom is -0.492 e. The largest absolute Gasteiger partial charge is 0.492 e.